The summed E-state index contributed by atoms with van der Waals surface area (Å²) >= 11 is 0. The fourth-order valence-corrected chi connectivity index (χ4v) is 3.69. The molecule has 0 amide bonds. The predicted molar refractivity (Wildman–Crippen MR) is 73.2 cm³/mol. The van der Waals surface area contributed by atoms with Crippen LogP contribution in [0.25, 0.3) is 0 Å². The Bertz CT molecular complexity index is 699. The minimum absolute atomic E-state index is 0.253. The highest BCUT2D eigenvalue weighted by molar-refractivity contribution is 6.02. The Balaban J connectivity index is 1.78. The normalized spacial score (nSPS) is 51.8. The molecule has 0 bridgehead atoms. The number of hydrogen-bond donors (Lipinski definition) is 4. The van der Waals surface area contributed by atoms with Crippen LogP contribution in [0.15, 0.2) is 21.9 Å². The maximum atomic E-state index is 10.5. The van der Waals surface area contributed by atoms with E-state index in [9.17, 15) is 20.6 Å². The summed E-state index contributed by atoms with van der Waals surface area (Å²) in [6.07, 6.45) is -0.417. The third kappa shape index (κ3) is 1.16. The van der Waals surface area contributed by atoms with E-state index in [0.717, 1.165) is 0 Å². The maximum Gasteiger partial charge on any atom is 0.208 e. The first-order valence-corrected chi connectivity index (χ1v) is 6.87. The van der Waals surface area contributed by atoms with E-state index in [0.29, 0.717) is 12.1 Å². The number of hydrogen-bond acceptors (Lipinski definition) is 9. The molecule has 6 atom stereocenters. The molecule has 0 spiro atoms. The number of nitrogens with zero attached hydrogens (tertiary/aromatic N) is 4. The summed E-state index contributed by atoms with van der Waals surface area (Å²) in [5.74, 6) is 0.253. The Kier molecular flexibility index (Phi) is 2.28. The summed E-state index contributed by atoms with van der Waals surface area (Å²) in [5, 5.41) is 45.8. The first-order chi connectivity index (χ1) is 10.3. The lowest BCUT2D eigenvalue weighted by Crippen LogP contribution is -2.66. The number of amidine groups is 1. The van der Waals surface area contributed by atoms with Crippen LogP contribution in [0, 0.1) is 11.3 Å². The lowest BCUT2D eigenvalue weighted by molar-refractivity contribution is -0.156. The van der Waals surface area contributed by atoms with Crippen molar-refractivity contribution in [1.29, 1.82) is 5.26 Å². The predicted octanol–water partition coefficient (Wildman–Crippen LogP) is -2.22. The summed E-state index contributed by atoms with van der Waals surface area (Å²) in [6.45, 7) is 1.69. The molecule has 0 aromatic heterocycles. The number of ether oxygens (including phenoxy) is 1. The number of aliphatic imine (C=N–C) groups is 1. The maximum absolute atomic E-state index is 10.5. The highest BCUT2D eigenvalue weighted by Crippen LogP contribution is 2.60. The van der Waals surface area contributed by atoms with E-state index < -0.39 is 35.1 Å². The third-order valence-corrected chi connectivity index (χ3v) is 5.22. The number of hydrazone groups is 1. The second kappa shape index (κ2) is 3.67. The van der Waals surface area contributed by atoms with Gasteiger partial charge in [0.2, 0.25) is 5.60 Å². The largest absolute Gasteiger partial charge is 0.387 e. The van der Waals surface area contributed by atoms with Gasteiger partial charge in [0.15, 0.2) is 11.4 Å². The summed E-state index contributed by atoms with van der Waals surface area (Å²) in [6, 6.07) is 1.99. The van der Waals surface area contributed by atoms with Crippen molar-refractivity contribution in [2.75, 3.05) is 0 Å². The monoisotopic (exact) mass is 305 g/mol. The van der Waals surface area contributed by atoms with E-state index >= 15 is 0 Å². The van der Waals surface area contributed by atoms with Gasteiger partial charge in [-0.1, -0.05) is 6.08 Å². The molecule has 9 nitrogen and oxygen atoms in total. The van der Waals surface area contributed by atoms with Gasteiger partial charge in [-0.15, -0.1) is 0 Å². The smallest absolute Gasteiger partial charge is 0.208 e. The number of nitriles is 1. The molecule has 3 aliphatic heterocycles. The van der Waals surface area contributed by atoms with Gasteiger partial charge in [0, 0.05) is 0 Å². The second-order valence-corrected chi connectivity index (χ2v) is 6.25. The zero-order valence-electron chi connectivity index (χ0n) is 11.7. The van der Waals surface area contributed by atoms with Crippen molar-refractivity contribution in [2.24, 2.45) is 15.8 Å². The van der Waals surface area contributed by atoms with Crippen LogP contribution in [0.3, 0.4) is 0 Å². The molecule has 2 fully saturated rings. The van der Waals surface area contributed by atoms with Gasteiger partial charge in [-0.25, -0.2) is 4.99 Å². The zero-order valence-corrected chi connectivity index (χ0v) is 11.7. The number of nitrogens with two attached hydrogens (primary N) is 1. The van der Waals surface area contributed by atoms with Crippen LogP contribution < -0.4 is 5.73 Å². The van der Waals surface area contributed by atoms with Crippen LogP contribution in [0.4, 0.5) is 0 Å². The van der Waals surface area contributed by atoms with Crippen molar-refractivity contribution in [1.82, 2.24) is 5.01 Å². The minimum atomic E-state index is -1.82. The molecular formula is C13H15N5O4. The number of rotatable bonds is 1. The lowest BCUT2D eigenvalue weighted by atomic mass is 9.75. The molecule has 0 radical (unpaired) electrons. The van der Waals surface area contributed by atoms with Crippen LogP contribution in [0.5, 0.6) is 0 Å². The second-order valence-electron chi connectivity index (χ2n) is 6.25. The van der Waals surface area contributed by atoms with Crippen molar-refractivity contribution in [3.63, 3.8) is 0 Å². The van der Waals surface area contributed by atoms with Crippen molar-refractivity contribution in [3.8, 4) is 6.07 Å². The Morgan fingerprint density at radius 2 is 2.27 bits per heavy atom. The van der Waals surface area contributed by atoms with Crippen LogP contribution >= 0.6 is 0 Å². The van der Waals surface area contributed by atoms with Crippen LogP contribution in [0.2, 0.25) is 0 Å². The van der Waals surface area contributed by atoms with Gasteiger partial charge in [-0.2, -0.15) is 10.4 Å². The zero-order chi connectivity index (χ0) is 15.9. The third-order valence-electron chi connectivity index (χ3n) is 5.22. The highest BCUT2D eigenvalue weighted by Gasteiger charge is 2.84. The molecule has 22 heavy (non-hydrogen) atoms. The van der Waals surface area contributed by atoms with Crippen molar-refractivity contribution >= 4 is 12.2 Å². The molecule has 0 aromatic rings. The Labute approximate surface area is 125 Å². The molecular weight excluding hydrogens is 290 g/mol. The molecule has 0 aromatic carbocycles. The molecule has 3 heterocycles. The SMILES string of the molecule is CC1([C@]2(C#N)O[C@@H]3C(O)[C@]3(O)[C@H]2O)CC=C2C(N)=NC=NN21. The standard InChI is InChI=1S/C13H15N5O4/c1-11(3-2-6-9(15)16-5-17-18(6)11)12(4-14)10(20)13(21)7(19)8(13)22-12/h2,5,7-8,10,19-21H,3H2,1H3,(H2,15,16,17)/t7?,8-,10+,11?,12-,13-/m1/s1. The Morgan fingerprint density at radius 3 is 2.86 bits per heavy atom. The van der Waals surface area contributed by atoms with Crippen LogP contribution in [-0.2, 0) is 4.74 Å². The summed E-state index contributed by atoms with van der Waals surface area (Å²) < 4.78 is 5.63. The van der Waals surface area contributed by atoms with Crippen LogP contribution in [0.1, 0.15) is 13.3 Å². The number of aliphatic hydroxyl groups is 3. The van der Waals surface area contributed by atoms with E-state index in [2.05, 4.69) is 10.1 Å². The van der Waals surface area contributed by atoms with E-state index in [1.165, 1.54) is 11.3 Å². The van der Waals surface area contributed by atoms with Gasteiger partial charge in [-0.3, -0.25) is 5.01 Å². The topological polar surface area (TPSA) is 148 Å². The fourth-order valence-electron chi connectivity index (χ4n) is 3.69. The summed E-state index contributed by atoms with van der Waals surface area (Å²) in [5.41, 5.74) is 1.69. The summed E-state index contributed by atoms with van der Waals surface area (Å²) in [4.78, 5) is 3.90. The molecule has 5 N–H and O–H groups in total. The van der Waals surface area contributed by atoms with Gasteiger partial charge >= 0.3 is 0 Å². The molecule has 1 saturated carbocycles. The lowest BCUT2D eigenvalue weighted by Gasteiger charge is -2.46. The van der Waals surface area contributed by atoms with Gasteiger partial charge in [0.1, 0.15) is 36.3 Å². The Morgan fingerprint density at radius 1 is 1.55 bits per heavy atom. The van der Waals surface area contributed by atoms with E-state index in [1.54, 1.807) is 13.0 Å². The summed E-state index contributed by atoms with van der Waals surface area (Å²) in [7, 11) is 0. The fraction of sp³-hybridized carbons (Fsp3) is 0.615. The Hall–Kier alpha value is -1.99. The molecule has 4 aliphatic rings. The van der Waals surface area contributed by atoms with Crippen molar-refractivity contribution in [3.05, 3.63) is 11.8 Å². The highest BCUT2D eigenvalue weighted by atomic mass is 16.6. The molecule has 116 valence electrons. The minimum Gasteiger partial charge on any atom is -0.387 e. The van der Waals surface area contributed by atoms with E-state index in [1.807, 2.05) is 6.07 Å². The first-order valence-electron chi connectivity index (χ1n) is 6.87. The first kappa shape index (κ1) is 13.7. The van der Waals surface area contributed by atoms with E-state index in [-0.39, 0.29) is 5.84 Å². The van der Waals surface area contributed by atoms with Crippen LogP contribution in [-0.4, -0.2) is 67.6 Å². The molecule has 1 aliphatic carbocycles. The van der Waals surface area contributed by atoms with Gasteiger partial charge in [-0.05, 0) is 13.3 Å². The number of aliphatic hydroxyl groups excluding tert-OH is 2. The quantitative estimate of drug-likeness (QED) is 0.428. The van der Waals surface area contributed by atoms with Gasteiger partial charge in [0.05, 0.1) is 5.70 Å². The van der Waals surface area contributed by atoms with E-state index in [4.69, 9.17) is 10.5 Å². The van der Waals surface area contributed by atoms with Gasteiger partial charge in [0.25, 0.3) is 0 Å². The van der Waals surface area contributed by atoms with Crippen molar-refractivity contribution in [2.45, 2.75) is 48.4 Å². The average Bonchev–Trinajstić information content (AvgIpc) is 2.80. The average molecular weight is 305 g/mol. The molecule has 2 unspecified atom stereocenters. The van der Waals surface area contributed by atoms with Gasteiger partial charge < -0.3 is 25.8 Å². The molecule has 1 saturated heterocycles. The molecule has 4 rings (SSSR count). The number of fused-ring (bicyclic) bond motifs is 2. The molecule has 9 heteroatoms. The van der Waals surface area contributed by atoms with Crippen molar-refractivity contribution < 1.29 is 20.1 Å².